The smallest absolute Gasteiger partial charge is 0.167 e. The maximum Gasteiger partial charge on any atom is 0.167 e. The summed E-state index contributed by atoms with van der Waals surface area (Å²) in [7, 11) is 0. The molecule has 4 aromatic rings. The molecule has 2 aromatic carbocycles. The standard InChI is InChI=1S/C24H24N4O2.ClH/c25-21(14-16-6-5-11-23(26-16)28-13-12-17(29)15-28)18-7-1-2-8-19(18)24-20-9-3-4-10-22(20)30-27-24;/h1-11,17,21,29H,12-15,25H2;1H/t17-,21?;/m0./s1. The lowest BCUT2D eigenvalue weighted by Crippen LogP contribution is -2.23. The van der Waals surface area contributed by atoms with Crippen LogP contribution in [0.25, 0.3) is 22.2 Å². The number of β-amino-alcohol motifs (C(OH)–C–C–N with tert-alkyl or cyclic N) is 1. The van der Waals surface area contributed by atoms with E-state index >= 15 is 0 Å². The number of para-hydroxylation sites is 1. The molecular weight excluding hydrogens is 412 g/mol. The van der Waals surface area contributed by atoms with E-state index in [1.54, 1.807) is 0 Å². The number of fused-ring (bicyclic) bond motifs is 1. The van der Waals surface area contributed by atoms with Crippen molar-refractivity contribution in [1.29, 1.82) is 0 Å². The SMILES string of the molecule is Cl.NC(Cc1cccc(N2CC[C@H](O)C2)n1)c1ccccc1-c1noc2ccccc12. The van der Waals surface area contributed by atoms with Gasteiger partial charge in [-0.15, -0.1) is 12.4 Å². The van der Waals surface area contributed by atoms with Crippen molar-refractivity contribution in [3.63, 3.8) is 0 Å². The number of halogens is 1. The van der Waals surface area contributed by atoms with Crippen LogP contribution in [0, 0.1) is 0 Å². The normalized spacial score (nSPS) is 17.0. The third-order valence-corrected chi connectivity index (χ3v) is 5.70. The number of aliphatic hydroxyl groups is 1. The number of pyridine rings is 1. The van der Waals surface area contributed by atoms with E-state index in [1.807, 2.05) is 66.7 Å². The van der Waals surface area contributed by atoms with Crippen molar-refractivity contribution in [2.45, 2.75) is 25.0 Å². The molecule has 6 nitrogen and oxygen atoms in total. The molecule has 1 saturated heterocycles. The van der Waals surface area contributed by atoms with Gasteiger partial charge in [0.1, 0.15) is 11.5 Å². The minimum absolute atomic E-state index is 0. The minimum Gasteiger partial charge on any atom is -0.391 e. The zero-order valence-electron chi connectivity index (χ0n) is 17.0. The summed E-state index contributed by atoms with van der Waals surface area (Å²) in [6.07, 6.45) is 1.11. The number of rotatable bonds is 5. The highest BCUT2D eigenvalue weighted by molar-refractivity contribution is 5.92. The fraction of sp³-hybridized carbons (Fsp3) is 0.250. The van der Waals surface area contributed by atoms with Gasteiger partial charge in [-0.05, 0) is 36.2 Å². The van der Waals surface area contributed by atoms with E-state index in [9.17, 15) is 5.11 Å². The Morgan fingerprint density at radius 1 is 1.06 bits per heavy atom. The highest BCUT2D eigenvalue weighted by Gasteiger charge is 2.22. The number of nitrogens with zero attached hydrogens (tertiary/aromatic N) is 3. The molecule has 1 aliphatic rings. The van der Waals surface area contributed by atoms with Gasteiger partial charge in [0.25, 0.3) is 0 Å². The van der Waals surface area contributed by atoms with Crippen LogP contribution in [0.2, 0.25) is 0 Å². The van der Waals surface area contributed by atoms with Crippen molar-refractivity contribution in [1.82, 2.24) is 10.1 Å². The van der Waals surface area contributed by atoms with E-state index in [2.05, 4.69) is 10.1 Å². The van der Waals surface area contributed by atoms with Crippen molar-refractivity contribution < 1.29 is 9.63 Å². The number of anilines is 1. The number of aromatic nitrogens is 2. The van der Waals surface area contributed by atoms with Crippen LogP contribution in [0.15, 0.2) is 71.3 Å². The molecule has 5 rings (SSSR count). The summed E-state index contributed by atoms with van der Waals surface area (Å²) < 4.78 is 5.51. The molecule has 3 heterocycles. The highest BCUT2D eigenvalue weighted by Crippen LogP contribution is 2.33. The van der Waals surface area contributed by atoms with Crippen LogP contribution < -0.4 is 10.6 Å². The molecule has 2 aromatic heterocycles. The van der Waals surface area contributed by atoms with Crippen LogP contribution in [-0.2, 0) is 6.42 Å². The summed E-state index contributed by atoms with van der Waals surface area (Å²) >= 11 is 0. The molecule has 1 aliphatic heterocycles. The molecule has 160 valence electrons. The van der Waals surface area contributed by atoms with Gasteiger partial charge in [0, 0.05) is 42.2 Å². The lowest BCUT2D eigenvalue weighted by molar-refractivity contribution is 0.198. The third kappa shape index (κ3) is 4.28. The first-order valence-corrected chi connectivity index (χ1v) is 10.3. The van der Waals surface area contributed by atoms with Crippen LogP contribution in [0.1, 0.15) is 23.7 Å². The quantitative estimate of drug-likeness (QED) is 0.489. The van der Waals surface area contributed by atoms with E-state index in [1.165, 1.54) is 0 Å². The molecule has 0 spiro atoms. The number of hydrogen-bond donors (Lipinski definition) is 2. The predicted octanol–water partition coefficient (Wildman–Crippen LogP) is 4.13. The first-order chi connectivity index (χ1) is 14.7. The fourth-order valence-electron chi connectivity index (χ4n) is 4.16. The molecule has 0 saturated carbocycles. The van der Waals surface area contributed by atoms with Gasteiger partial charge in [-0.1, -0.05) is 47.6 Å². The van der Waals surface area contributed by atoms with Gasteiger partial charge in [-0.3, -0.25) is 0 Å². The van der Waals surface area contributed by atoms with Gasteiger partial charge < -0.3 is 20.3 Å². The van der Waals surface area contributed by atoms with Crippen molar-refractivity contribution >= 4 is 29.2 Å². The van der Waals surface area contributed by atoms with E-state index in [0.717, 1.165) is 52.3 Å². The van der Waals surface area contributed by atoms with Crippen LogP contribution in [0.4, 0.5) is 5.82 Å². The van der Waals surface area contributed by atoms with Crippen molar-refractivity contribution in [3.05, 3.63) is 78.0 Å². The summed E-state index contributed by atoms with van der Waals surface area (Å²) in [4.78, 5) is 6.92. The predicted molar refractivity (Wildman–Crippen MR) is 124 cm³/mol. The summed E-state index contributed by atoms with van der Waals surface area (Å²) in [5.74, 6) is 0.895. The molecule has 0 aliphatic carbocycles. The van der Waals surface area contributed by atoms with Gasteiger partial charge in [-0.2, -0.15) is 0 Å². The Morgan fingerprint density at radius 3 is 2.71 bits per heavy atom. The Morgan fingerprint density at radius 2 is 1.87 bits per heavy atom. The van der Waals surface area contributed by atoms with E-state index in [0.29, 0.717) is 13.0 Å². The average molecular weight is 437 g/mol. The summed E-state index contributed by atoms with van der Waals surface area (Å²) in [5, 5.41) is 15.1. The second kappa shape index (κ2) is 9.06. The molecule has 3 N–H and O–H groups in total. The molecule has 31 heavy (non-hydrogen) atoms. The molecule has 1 fully saturated rings. The molecule has 0 amide bonds. The van der Waals surface area contributed by atoms with Crippen molar-refractivity contribution in [2.75, 3.05) is 18.0 Å². The lowest BCUT2D eigenvalue weighted by Gasteiger charge is -2.19. The van der Waals surface area contributed by atoms with Gasteiger partial charge in [0.2, 0.25) is 0 Å². The Balaban J connectivity index is 0.00000231. The van der Waals surface area contributed by atoms with Crippen LogP contribution in [-0.4, -0.2) is 34.4 Å². The number of benzene rings is 2. The topological polar surface area (TPSA) is 88.4 Å². The number of aliphatic hydroxyl groups excluding tert-OH is 1. The zero-order chi connectivity index (χ0) is 20.5. The third-order valence-electron chi connectivity index (χ3n) is 5.70. The number of hydrogen-bond acceptors (Lipinski definition) is 6. The zero-order valence-corrected chi connectivity index (χ0v) is 17.8. The summed E-state index contributed by atoms with van der Waals surface area (Å²) in [5.41, 5.74) is 11.1. The Labute approximate surface area is 187 Å². The summed E-state index contributed by atoms with van der Waals surface area (Å²) in [6.45, 7) is 1.45. The van der Waals surface area contributed by atoms with E-state index < -0.39 is 0 Å². The summed E-state index contributed by atoms with van der Waals surface area (Å²) in [6, 6.07) is 21.7. The van der Waals surface area contributed by atoms with Gasteiger partial charge in [0.05, 0.1) is 6.10 Å². The Kier molecular flexibility index (Phi) is 6.23. The maximum absolute atomic E-state index is 9.82. The number of nitrogens with two attached hydrogens (primary N) is 1. The van der Waals surface area contributed by atoms with Gasteiger partial charge in [-0.25, -0.2) is 4.98 Å². The van der Waals surface area contributed by atoms with Crippen molar-refractivity contribution in [3.8, 4) is 11.3 Å². The molecule has 1 unspecified atom stereocenters. The first-order valence-electron chi connectivity index (χ1n) is 10.3. The van der Waals surface area contributed by atoms with Crippen LogP contribution in [0.5, 0.6) is 0 Å². The van der Waals surface area contributed by atoms with Crippen LogP contribution >= 0.6 is 12.4 Å². The van der Waals surface area contributed by atoms with Crippen molar-refractivity contribution in [2.24, 2.45) is 5.73 Å². The maximum atomic E-state index is 9.82. The second-order valence-corrected chi connectivity index (χ2v) is 7.80. The average Bonchev–Trinajstić information content (AvgIpc) is 3.40. The van der Waals surface area contributed by atoms with Crippen LogP contribution in [0.3, 0.4) is 0 Å². The largest absolute Gasteiger partial charge is 0.391 e. The van der Waals surface area contributed by atoms with Gasteiger partial charge in [0.15, 0.2) is 5.58 Å². The van der Waals surface area contributed by atoms with Gasteiger partial charge >= 0.3 is 0 Å². The van der Waals surface area contributed by atoms with E-state index in [4.69, 9.17) is 15.2 Å². The lowest BCUT2D eigenvalue weighted by atomic mass is 9.94. The Bertz CT molecular complexity index is 1180. The monoisotopic (exact) mass is 436 g/mol. The molecule has 7 heteroatoms. The molecule has 0 radical (unpaired) electrons. The van der Waals surface area contributed by atoms with E-state index in [-0.39, 0.29) is 24.6 Å². The molecule has 2 atom stereocenters. The fourth-order valence-corrected chi connectivity index (χ4v) is 4.16. The first kappa shape index (κ1) is 21.3. The highest BCUT2D eigenvalue weighted by atomic mass is 35.5. The second-order valence-electron chi connectivity index (χ2n) is 7.80. The molecular formula is C24H25ClN4O2. The minimum atomic E-state index is -0.276. The Hall–Kier alpha value is -2.93. The molecule has 0 bridgehead atoms.